The maximum absolute atomic E-state index is 12.8. The number of hydrogen-bond acceptors (Lipinski definition) is 1. The van der Waals surface area contributed by atoms with E-state index in [-0.39, 0.29) is 16.3 Å². The lowest BCUT2D eigenvalue weighted by Crippen LogP contribution is -2.03. The average molecular weight is 211 g/mol. The zero-order valence-corrected chi connectivity index (χ0v) is 7.41. The molecule has 13 heavy (non-hydrogen) atoms. The van der Waals surface area contributed by atoms with Gasteiger partial charge in [0.1, 0.15) is 11.6 Å². The van der Waals surface area contributed by atoms with Crippen LogP contribution in [0.15, 0.2) is 12.1 Å². The minimum atomic E-state index is -2.96. The minimum absolute atomic E-state index is 0.164. The Labute approximate surface area is 78.1 Å². The van der Waals surface area contributed by atoms with Crippen molar-refractivity contribution in [1.82, 2.24) is 0 Å². The van der Waals surface area contributed by atoms with E-state index in [2.05, 4.69) is 4.74 Å². The van der Waals surface area contributed by atoms with Crippen LogP contribution in [0.5, 0.6) is 5.75 Å². The predicted molar refractivity (Wildman–Crippen MR) is 42.8 cm³/mol. The fraction of sp³-hybridized carbons (Fsp3) is 0.250. The summed E-state index contributed by atoms with van der Waals surface area (Å²) in [6, 6.07) is 2.07. The van der Waals surface area contributed by atoms with Gasteiger partial charge in [0.25, 0.3) is 0 Å². The van der Waals surface area contributed by atoms with Crippen LogP contribution in [0.25, 0.3) is 0 Å². The fourth-order valence-electron chi connectivity index (χ4n) is 0.817. The standard InChI is InChI=1S/C8H6ClF3O/c1-4-2-7(13-8(11)12)5(9)3-6(4)10/h2-3,8H,1H3. The Morgan fingerprint density at radius 3 is 2.54 bits per heavy atom. The number of alkyl halides is 2. The number of ether oxygens (including phenoxy) is 1. The SMILES string of the molecule is Cc1cc(OC(F)F)c(Cl)cc1F. The zero-order valence-electron chi connectivity index (χ0n) is 6.65. The topological polar surface area (TPSA) is 9.23 Å². The van der Waals surface area contributed by atoms with Crippen molar-refractivity contribution >= 4 is 11.6 Å². The first-order chi connectivity index (χ1) is 6.00. The van der Waals surface area contributed by atoms with Gasteiger partial charge in [-0.1, -0.05) is 11.6 Å². The molecule has 0 aliphatic rings. The summed E-state index contributed by atoms with van der Waals surface area (Å²) >= 11 is 5.45. The first-order valence-electron chi connectivity index (χ1n) is 3.41. The highest BCUT2D eigenvalue weighted by molar-refractivity contribution is 6.32. The lowest BCUT2D eigenvalue weighted by Gasteiger charge is -2.07. The summed E-state index contributed by atoms with van der Waals surface area (Å²) in [6.07, 6.45) is 0. The first-order valence-corrected chi connectivity index (χ1v) is 3.79. The largest absolute Gasteiger partial charge is 0.433 e. The summed E-state index contributed by atoms with van der Waals surface area (Å²) in [5, 5.41) is -0.164. The summed E-state index contributed by atoms with van der Waals surface area (Å²) in [5.41, 5.74) is 0.208. The molecule has 0 saturated carbocycles. The molecule has 1 aromatic rings. The van der Waals surface area contributed by atoms with Gasteiger partial charge < -0.3 is 4.74 Å². The van der Waals surface area contributed by atoms with E-state index < -0.39 is 12.4 Å². The molecule has 0 N–H and O–H groups in total. The van der Waals surface area contributed by atoms with Gasteiger partial charge in [-0.25, -0.2) is 4.39 Å². The lowest BCUT2D eigenvalue weighted by atomic mass is 10.2. The number of benzene rings is 1. The van der Waals surface area contributed by atoms with E-state index in [1.54, 1.807) is 0 Å². The maximum atomic E-state index is 12.8. The smallest absolute Gasteiger partial charge is 0.387 e. The molecule has 5 heteroatoms. The van der Waals surface area contributed by atoms with Crippen LogP contribution >= 0.6 is 11.6 Å². The monoisotopic (exact) mass is 210 g/mol. The van der Waals surface area contributed by atoms with Crippen molar-refractivity contribution < 1.29 is 17.9 Å². The van der Waals surface area contributed by atoms with E-state index >= 15 is 0 Å². The predicted octanol–water partition coefficient (Wildman–Crippen LogP) is 3.39. The quantitative estimate of drug-likeness (QED) is 0.727. The van der Waals surface area contributed by atoms with Crippen molar-refractivity contribution in [2.75, 3.05) is 0 Å². The van der Waals surface area contributed by atoms with Crippen molar-refractivity contribution in [3.8, 4) is 5.75 Å². The Bertz CT molecular complexity index is 315. The highest BCUT2D eigenvalue weighted by atomic mass is 35.5. The number of aryl methyl sites for hydroxylation is 1. The van der Waals surface area contributed by atoms with Gasteiger partial charge in [-0.2, -0.15) is 8.78 Å². The normalized spacial score (nSPS) is 10.6. The molecule has 0 amide bonds. The van der Waals surface area contributed by atoms with Gasteiger partial charge in [0.2, 0.25) is 0 Å². The second-order valence-corrected chi connectivity index (χ2v) is 2.82. The molecule has 0 aliphatic heterocycles. The average Bonchev–Trinajstić information content (AvgIpc) is 1.99. The Morgan fingerprint density at radius 1 is 1.38 bits per heavy atom. The van der Waals surface area contributed by atoms with Gasteiger partial charge in [0.15, 0.2) is 0 Å². The Balaban J connectivity index is 3.01. The molecule has 0 radical (unpaired) electrons. The van der Waals surface area contributed by atoms with E-state index in [1.165, 1.54) is 6.92 Å². The Hall–Kier alpha value is -0.900. The van der Waals surface area contributed by atoms with E-state index in [9.17, 15) is 13.2 Å². The maximum Gasteiger partial charge on any atom is 0.387 e. The molecule has 0 fully saturated rings. The molecule has 0 atom stereocenters. The van der Waals surface area contributed by atoms with Crippen LogP contribution in [-0.2, 0) is 0 Å². The minimum Gasteiger partial charge on any atom is -0.433 e. The summed E-state index contributed by atoms with van der Waals surface area (Å²) in [6.45, 7) is -1.52. The fourth-order valence-corrected chi connectivity index (χ4v) is 1.01. The van der Waals surface area contributed by atoms with E-state index in [4.69, 9.17) is 11.6 Å². The Morgan fingerprint density at radius 2 is 2.00 bits per heavy atom. The highest BCUT2D eigenvalue weighted by Gasteiger charge is 2.10. The third-order valence-electron chi connectivity index (χ3n) is 1.43. The van der Waals surface area contributed by atoms with Gasteiger partial charge in [-0.15, -0.1) is 0 Å². The van der Waals surface area contributed by atoms with Gasteiger partial charge in [0.05, 0.1) is 5.02 Å². The second-order valence-electron chi connectivity index (χ2n) is 2.41. The molecule has 0 heterocycles. The molecule has 0 saturated heterocycles. The van der Waals surface area contributed by atoms with Crippen molar-refractivity contribution in [2.45, 2.75) is 13.5 Å². The van der Waals surface area contributed by atoms with E-state index in [1.807, 2.05) is 0 Å². The molecule has 0 bridgehead atoms. The van der Waals surface area contributed by atoms with Crippen LogP contribution in [0.1, 0.15) is 5.56 Å². The third kappa shape index (κ3) is 2.52. The van der Waals surface area contributed by atoms with E-state index in [0.29, 0.717) is 0 Å². The first kappa shape index (κ1) is 10.2. The number of hydrogen-bond donors (Lipinski definition) is 0. The van der Waals surface area contributed by atoms with Crippen LogP contribution in [-0.4, -0.2) is 6.61 Å². The summed E-state index contributed by atoms with van der Waals surface area (Å²) in [4.78, 5) is 0. The molecule has 0 aliphatic carbocycles. The van der Waals surface area contributed by atoms with Gasteiger partial charge in [0, 0.05) is 0 Å². The van der Waals surface area contributed by atoms with Crippen molar-refractivity contribution in [2.24, 2.45) is 0 Å². The molecule has 0 unspecified atom stereocenters. The lowest BCUT2D eigenvalue weighted by molar-refractivity contribution is -0.0498. The molecular formula is C8H6ClF3O. The van der Waals surface area contributed by atoms with Gasteiger partial charge in [-0.05, 0) is 24.6 Å². The second kappa shape index (κ2) is 3.87. The van der Waals surface area contributed by atoms with Crippen LogP contribution < -0.4 is 4.74 Å². The summed E-state index contributed by atoms with van der Waals surface area (Å²) < 4.78 is 40.3. The molecular weight excluding hydrogens is 205 g/mol. The molecule has 1 aromatic carbocycles. The van der Waals surface area contributed by atoms with Crippen molar-refractivity contribution in [1.29, 1.82) is 0 Å². The van der Waals surface area contributed by atoms with Crippen LogP contribution in [0.4, 0.5) is 13.2 Å². The summed E-state index contributed by atoms with van der Waals surface area (Å²) in [7, 11) is 0. The van der Waals surface area contributed by atoms with Crippen LogP contribution in [0, 0.1) is 12.7 Å². The van der Waals surface area contributed by atoms with Crippen LogP contribution in [0.3, 0.4) is 0 Å². The van der Waals surface area contributed by atoms with E-state index in [0.717, 1.165) is 12.1 Å². The molecule has 0 spiro atoms. The Kier molecular flexibility index (Phi) is 3.03. The number of halogens is 4. The number of rotatable bonds is 2. The van der Waals surface area contributed by atoms with Crippen molar-refractivity contribution in [3.63, 3.8) is 0 Å². The van der Waals surface area contributed by atoms with Crippen LogP contribution in [0.2, 0.25) is 5.02 Å². The summed E-state index contributed by atoms with van der Waals surface area (Å²) in [5.74, 6) is -0.762. The van der Waals surface area contributed by atoms with Crippen molar-refractivity contribution in [3.05, 3.63) is 28.5 Å². The van der Waals surface area contributed by atoms with Gasteiger partial charge in [-0.3, -0.25) is 0 Å². The highest BCUT2D eigenvalue weighted by Crippen LogP contribution is 2.28. The molecule has 0 aromatic heterocycles. The molecule has 72 valence electrons. The zero-order chi connectivity index (χ0) is 10.0. The molecule has 1 nitrogen and oxygen atoms in total. The third-order valence-corrected chi connectivity index (χ3v) is 1.72. The molecule has 1 rings (SSSR count). The van der Waals surface area contributed by atoms with Gasteiger partial charge >= 0.3 is 6.61 Å².